The summed E-state index contributed by atoms with van der Waals surface area (Å²) in [5.74, 6) is 0. The number of hydrogen-bond acceptors (Lipinski definition) is 3. The summed E-state index contributed by atoms with van der Waals surface area (Å²) in [6.07, 6.45) is 0. The Hall–Kier alpha value is -2.52. The quantitative estimate of drug-likeness (QED) is 0.432. The van der Waals surface area contributed by atoms with Crippen molar-refractivity contribution in [2.75, 3.05) is 0 Å². The van der Waals surface area contributed by atoms with Crippen LogP contribution in [-0.2, 0) is 0 Å². The van der Waals surface area contributed by atoms with Crippen molar-refractivity contribution in [1.29, 1.82) is 0 Å². The van der Waals surface area contributed by atoms with Crippen LogP contribution in [0, 0.1) is 0 Å². The molecule has 0 saturated heterocycles. The van der Waals surface area contributed by atoms with Gasteiger partial charge in [-0.1, -0.05) is 48.5 Å². The van der Waals surface area contributed by atoms with Gasteiger partial charge in [-0.2, -0.15) is 0 Å². The van der Waals surface area contributed by atoms with Gasteiger partial charge in [0.05, 0.1) is 10.8 Å². The van der Waals surface area contributed by atoms with Crippen molar-refractivity contribution in [1.82, 2.24) is 0 Å². The summed E-state index contributed by atoms with van der Waals surface area (Å²) in [4.78, 5) is 25.3. The van der Waals surface area contributed by atoms with E-state index in [1.807, 2.05) is 48.5 Å². The van der Waals surface area contributed by atoms with E-state index >= 15 is 0 Å². The number of benzene rings is 2. The molecule has 0 amide bonds. The first-order valence-electron chi connectivity index (χ1n) is 6.72. The minimum absolute atomic E-state index is 0.0146. The molecule has 0 saturated carbocycles. The van der Waals surface area contributed by atoms with Crippen LogP contribution in [0.3, 0.4) is 0 Å². The second-order valence-corrected chi connectivity index (χ2v) is 6.28. The van der Waals surface area contributed by atoms with Crippen molar-refractivity contribution in [2.24, 2.45) is 0 Å². The smallest absolute Gasteiger partial charge is 0.195 e. The molecule has 98 valence electrons. The van der Waals surface area contributed by atoms with Crippen molar-refractivity contribution >= 4 is 53.1 Å². The van der Waals surface area contributed by atoms with Crippen LogP contribution in [0.15, 0.2) is 58.1 Å². The Morgan fingerprint density at radius 2 is 0.952 bits per heavy atom. The summed E-state index contributed by atoms with van der Waals surface area (Å²) >= 11 is 1.56. The van der Waals surface area contributed by atoms with E-state index in [0.29, 0.717) is 21.5 Å². The van der Waals surface area contributed by atoms with E-state index in [2.05, 4.69) is 0 Å². The SMILES string of the molecule is O=c1c2ccccc2c2sc3c4ccccc4c(=O)c3c12. The van der Waals surface area contributed by atoms with E-state index in [1.54, 1.807) is 11.3 Å². The van der Waals surface area contributed by atoms with E-state index < -0.39 is 0 Å². The second kappa shape index (κ2) is 3.57. The standard InChI is InChI=1S/C18H8O2S/c19-15-9-5-1-3-7-11(9)17-13(15)14-16(20)10-6-2-4-8-12(10)18(14)21-17/h1-8H. The third kappa shape index (κ3) is 1.18. The minimum Gasteiger partial charge on any atom is -0.289 e. The summed E-state index contributed by atoms with van der Waals surface area (Å²) in [6, 6.07) is 15.2. The van der Waals surface area contributed by atoms with Gasteiger partial charge in [-0.15, -0.1) is 11.3 Å². The molecule has 5 aromatic rings. The summed E-state index contributed by atoms with van der Waals surface area (Å²) in [6.45, 7) is 0. The van der Waals surface area contributed by atoms with E-state index in [-0.39, 0.29) is 10.9 Å². The molecule has 0 radical (unpaired) electrons. The van der Waals surface area contributed by atoms with Crippen molar-refractivity contribution in [3.63, 3.8) is 0 Å². The maximum absolute atomic E-state index is 12.7. The number of thiophene rings is 1. The van der Waals surface area contributed by atoms with Crippen LogP contribution >= 0.6 is 11.3 Å². The molecule has 2 nitrogen and oxygen atoms in total. The van der Waals surface area contributed by atoms with Crippen molar-refractivity contribution in [2.45, 2.75) is 0 Å². The lowest BCUT2D eigenvalue weighted by atomic mass is 10.2. The van der Waals surface area contributed by atoms with E-state index in [9.17, 15) is 9.59 Å². The van der Waals surface area contributed by atoms with Crippen LogP contribution in [0.2, 0.25) is 0 Å². The van der Waals surface area contributed by atoms with Crippen molar-refractivity contribution < 1.29 is 0 Å². The molecular weight excluding hydrogens is 280 g/mol. The third-order valence-electron chi connectivity index (χ3n) is 4.20. The zero-order valence-corrected chi connectivity index (χ0v) is 11.7. The van der Waals surface area contributed by atoms with Crippen LogP contribution in [0.1, 0.15) is 0 Å². The van der Waals surface area contributed by atoms with Gasteiger partial charge in [0.15, 0.2) is 10.9 Å². The molecule has 5 rings (SSSR count). The van der Waals surface area contributed by atoms with Gasteiger partial charge in [0.2, 0.25) is 0 Å². The van der Waals surface area contributed by atoms with Crippen LogP contribution in [0.4, 0.5) is 0 Å². The molecule has 0 spiro atoms. The van der Waals surface area contributed by atoms with E-state index in [0.717, 1.165) is 20.2 Å². The number of hydrogen-bond donors (Lipinski definition) is 0. The molecule has 0 N–H and O–H groups in total. The fraction of sp³-hybridized carbons (Fsp3) is 0. The minimum atomic E-state index is -0.0146. The predicted octanol–water partition coefficient (Wildman–Crippen LogP) is 3.96. The number of fused-ring (bicyclic) bond motifs is 7. The summed E-state index contributed by atoms with van der Waals surface area (Å²) in [5.41, 5.74) is -0.0292. The maximum atomic E-state index is 12.7. The van der Waals surface area contributed by atoms with Crippen LogP contribution in [0.25, 0.3) is 41.7 Å². The van der Waals surface area contributed by atoms with Crippen molar-refractivity contribution in [3.8, 4) is 0 Å². The molecule has 21 heavy (non-hydrogen) atoms. The Kier molecular flexibility index (Phi) is 1.90. The van der Waals surface area contributed by atoms with Gasteiger partial charge in [-0.3, -0.25) is 9.59 Å². The zero-order valence-electron chi connectivity index (χ0n) is 10.8. The van der Waals surface area contributed by atoms with E-state index in [4.69, 9.17) is 0 Å². The normalized spacial score (nSPS) is 12.2. The van der Waals surface area contributed by atoms with E-state index in [1.165, 1.54) is 0 Å². The van der Waals surface area contributed by atoms with Crippen LogP contribution < -0.4 is 10.9 Å². The molecule has 4 aromatic carbocycles. The lowest BCUT2D eigenvalue weighted by molar-refractivity contribution is 1.80. The second-order valence-electron chi connectivity index (χ2n) is 5.26. The molecule has 1 heterocycles. The first-order chi connectivity index (χ1) is 10.3. The monoisotopic (exact) mass is 288 g/mol. The van der Waals surface area contributed by atoms with Gasteiger partial charge < -0.3 is 0 Å². The van der Waals surface area contributed by atoms with Gasteiger partial charge in [0.1, 0.15) is 0 Å². The van der Waals surface area contributed by atoms with Gasteiger partial charge in [-0.25, -0.2) is 0 Å². The third-order valence-corrected chi connectivity index (χ3v) is 5.45. The Balaban J connectivity index is 2.23. The molecule has 0 bridgehead atoms. The maximum Gasteiger partial charge on any atom is 0.195 e. The Morgan fingerprint density at radius 1 is 0.571 bits per heavy atom. The Morgan fingerprint density at radius 3 is 1.38 bits per heavy atom. The van der Waals surface area contributed by atoms with Crippen LogP contribution in [0.5, 0.6) is 0 Å². The average molecular weight is 288 g/mol. The highest BCUT2D eigenvalue weighted by Crippen LogP contribution is 2.40. The average Bonchev–Trinajstić information content (AvgIpc) is 3.12. The lowest BCUT2D eigenvalue weighted by Gasteiger charge is -1.88. The lowest BCUT2D eigenvalue weighted by Crippen LogP contribution is -1.99. The first kappa shape index (κ1) is 11.2. The van der Waals surface area contributed by atoms with Gasteiger partial charge >= 0.3 is 0 Å². The molecular formula is C18H8O2S. The Labute approximate surface area is 122 Å². The number of rotatable bonds is 0. The molecule has 0 aliphatic carbocycles. The molecule has 3 heteroatoms. The van der Waals surface area contributed by atoms with Crippen molar-refractivity contribution in [3.05, 3.63) is 69.0 Å². The highest BCUT2D eigenvalue weighted by molar-refractivity contribution is 7.27. The summed E-state index contributed by atoms with van der Waals surface area (Å²) in [7, 11) is 0. The molecule has 0 atom stereocenters. The van der Waals surface area contributed by atoms with Gasteiger partial charge in [-0.05, 0) is 0 Å². The predicted molar refractivity (Wildman–Crippen MR) is 89.3 cm³/mol. The summed E-state index contributed by atoms with van der Waals surface area (Å²) in [5, 5.41) is 4.56. The largest absolute Gasteiger partial charge is 0.289 e. The first-order valence-corrected chi connectivity index (χ1v) is 7.54. The molecule has 0 aliphatic rings. The molecule has 0 aliphatic heterocycles. The Bertz CT molecular complexity index is 1170. The van der Waals surface area contributed by atoms with Gasteiger partial charge in [0, 0.05) is 30.9 Å². The highest BCUT2D eigenvalue weighted by atomic mass is 32.1. The summed E-state index contributed by atoms with van der Waals surface area (Å²) < 4.78 is 1.90. The molecule has 1 aromatic heterocycles. The molecule has 0 unspecified atom stereocenters. The fourth-order valence-electron chi connectivity index (χ4n) is 3.27. The zero-order chi connectivity index (χ0) is 14.1. The highest BCUT2D eigenvalue weighted by Gasteiger charge is 2.21. The topological polar surface area (TPSA) is 34.1 Å². The van der Waals surface area contributed by atoms with Gasteiger partial charge in [0.25, 0.3) is 0 Å². The molecule has 0 fully saturated rings. The van der Waals surface area contributed by atoms with Crippen LogP contribution in [-0.4, -0.2) is 0 Å². The fourth-order valence-corrected chi connectivity index (χ4v) is 4.65.